The van der Waals surface area contributed by atoms with E-state index in [9.17, 15) is 4.39 Å². The van der Waals surface area contributed by atoms with Crippen molar-refractivity contribution in [2.45, 2.75) is 24.8 Å². The molecule has 1 aliphatic carbocycles. The van der Waals surface area contributed by atoms with E-state index in [2.05, 4.69) is 0 Å². The van der Waals surface area contributed by atoms with E-state index in [4.69, 9.17) is 7.85 Å². The lowest BCUT2D eigenvalue weighted by molar-refractivity contribution is 0.339. The Morgan fingerprint density at radius 2 is 2.17 bits per heavy atom. The van der Waals surface area contributed by atoms with E-state index < -0.39 is 5.67 Å². The first-order valence-electron chi connectivity index (χ1n) is 2.07. The third-order valence-electron chi connectivity index (χ3n) is 1.23. The lowest BCUT2D eigenvalue weighted by Gasteiger charge is -1.87. The quantitative estimate of drug-likeness (QED) is 0.385. The van der Waals surface area contributed by atoms with Crippen LogP contribution < -0.4 is 0 Å². The average molecular weight is 83.9 g/mol. The van der Waals surface area contributed by atoms with Gasteiger partial charge in [-0.2, -0.15) is 0 Å². The Morgan fingerprint density at radius 1 is 2.00 bits per heavy atom. The fourth-order valence-electron chi connectivity index (χ4n) is 0.371. The monoisotopic (exact) mass is 84.1 g/mol. The maximum Gasteiger partial charge on any atom is 0.103 e. The lowest BCUT2D eigenvalue weighted by Crippen LogP contribution is -1.89. The summed E-state index contributed by atoms with van der Waals surface area (Å²) in [5.41, 5.74) is -1.01. The summed E-state index contributed by atoms with van der Waals surface area (Å²) in [6.45, 7) is 1.53. The molecule has 0 nitrogen and oxygen atoms in total. The molecule has 0 aromatic heterocycles. The van der Waals surface area contributed by atoms with Crippen LogP contribution in [-0.4, -0.2) is 13.5 Å². The zero-order valence-corrected chi connectivity index (χ0v) is 3.74. The third kappa shape index (κ3) is 0.443. The molecule has 1 aliphatic rings. The van der Waals surface area contributed by atoms with Crippen LogP contribution in [0.1, 0.15) is 13.3 Å². The van der Waals surface area contributed by atoms with Crippen molar-refractivity contribution in [2.75, 3.05) is 0 Å². The Morgan fingerprint density at radius 3 is 2.17 bits per heavy atom. The molecule has 6 heavy (non-hydrogen) atoms. The largest absolute Gasteiger partial charge is 0.245 e. The van der Waals surface area contributed by atoms with Crippen LogP contribution in [0.25, 0.3) is 0 Å². The van der Waals surface area contributed by atoms with Gasteiger partial charge in [-0.3, -0.25) is 0 Å². The summed E-state index contributed by atoms with van der Waals surface area (Å²) in [6, 6.07) is 0. The second-order valence-electron chi connectivity index (χ2n) is 2.09. The summed E-state index contributed by atoms with van der Waals surface area (Å²) in [4.78, 5) is 0. The van der Waals surface area contributed by atoms with Crippen molar-refractivity contribution in [3.05, 3.63) is 0 Å². The van der Waals surface area contributed by atoms with E-state index in [1.165, 1.54) is 6.92 Å². The van der Waals surface area contributed by atoms with E-state index in [-0.39, 0.29) is 5.82 Å². The van der Waals surface area contributed by atoms with E-state index in [0.29, 0.717) is 6.42 Å². The highest BCUT2D eigenvalue weighted by atomic mass is 19.1. The molecule has 0 aromatic carbocycles. The molecule has 1 rings (SSSR count). The molecule has 0 heterocycles. The lowest BCUT2D eigenvalue weighted by atomic mass is 10.0. The Kier molecular flexibility index (Phi) is 0.553. The van der Waals surface area contributed by atoms with Crippen molar-refractivity contribution in [3.63, 3.8) is 0 Å². The van der Waals surface area contributed by atoms with Gasteiger partial charge in [0.05, 0.1) is 7.85 Å². The van der Waals surface area contributed by atoms with Gasteiger partial charge in [0.1, 0.15) is 5.67 Å². The minimum atomic E-state index is -1.01. The smallest absolute Gasteiger partial charge is 0.103 e. The van der Waals surface area contributed by atoms with Crippen molar-refractivity contribution in [3.8, 4) is 0 Å². The second kappa shape index (κ2) is 0.798. The van der Waals surface area contributed by atoms with Gasteiger partial charge in [-0.25, -0.2) is 4.39 Å². The molecular formula is C4H6BF. The minimum absolute atomic E-state index is 0.169. The number of alkyl halides is 1. The molecule has 32 valence electrons. The zero-order valence-electron chi connectivity index (χ0n) is 3.74. The highest BCUT2D eigenvalue weighted by molar-refractivity contribution is 6.14. The predicted octanol–water partition coefficient (Wildman–Crippen LogP) is 1.08. The minimum Gasteiger partial charge on any atom is -0.245 e. The van der Waals surface area contributed by atoms with Gasteiger partial charge in [0.15, 0.2) is 0 Å². The summed E-state index contributed by atoms with van der Waals surface area (Å²) in [7, 11) is 5.12. The van der Waals surface area contributed by atoms with Crippen LogP contribution >= 0.6 is 0 Å². The first kappa shape index (κ1) is 4.16. The Hall–Kier alpha value is -0.00506. The molecule has 1 fully saturated rings. The van der Waals surface area contributed by atoms with Crippen LogP contribution in [0.3, 0.4) is 0 Å². The van der Waals surface area contributed by atoms with Gasteiger partial charge in [0.2, 0.25) is 0 Å². The van der Waals surface area contributed by atoms with Crippen molar-refractivity contribution < 1.29 is 4.39 Å². The molecular weight excluding hydrogens is 77.9 g/mol. The maximum absolute atomic E-state index is 12.1. The number of hydrogen-bond acceptors (Lipinski definition) is 0. The van der Waals surface area contributed by atoms with E-state index >= 15 is 0 Å². The van der Waals surface area contributed by atoms with Crippen LogP contribution in [-0.2, 0) is 0 Å². The van der Waals surface area contributed by atoms with Gasteiger partial charge >= 0.3 is 0 Å². The summed E-state index contributed by atoms with van der Waals surface area (Å²) in [5.74, 6) is -0.169. The first-order valence-corrected chi connectivity index (χ1v) is 2.07. The van der Waals surface area contributed by atoms with Crippen molar-refractivity contribution in [1.82, 2.24) is 0 Å². The van der Waals surface area contributed by atoms with Crippen LogP contribution in [0.4, 0.5) is 4.39 Å². The Labute approximate surface area is 38.1 Å². The number of halogens is 1. The van der Waals surface area contributed by atoms with Crippen LogP contribution in [0.2, 0.25) is 5.82 Å². The molecule has 0 amide bonds. The maximum atomic E-state index is 12.1. The van der Waals surface area contributed by atoms with E-state index in [1.54, 1.807) is 0 Å². The Bertz CT molecular complexity index is 69.9. The summed E-state index contributed by atoms with van der Waals surface area (Å²) in [5, 5.41) is 0. The number of rotatable bonds is 0. The third-order valence-corrected chi connectivity index (χ3v) is 1.23. The molecule has 2 heteroatoms. The first-order chi connectivity index (χ1) is 2.63. The molecule has 0 spiro atoms. The Balaban J connectivity index is 2.41. The molecule has 1 saturated carbocycles. The highest BCUT2D eigenvalue weighted by Gasteiger charge is 2.46. The molecule has 2 radical (unpaired) electrons. The van der Waals surface area contributed by atoms with E-state index in [0.717, 1.165) is 0 Å². The summed E-state index contributed by atoms with van der Waals surface area (Å²) < 4.78 is 12.1. The van der Waals surface area contributed by atoms with Gasteiger partial charge in [-0.05, 0) is 19.2 Å². The molecule has 0 aromatic rings. The van der Waals surface area contributed by atoms with Gasteiger partial charge < -0.3 is 0 Å². The molecule has 2 unspecified atom stereocenters. The second-order valence-corrected chi connectivity index (χ2v) is 2.09. The van der Waals surface area contributed by atoms with Gasteiger partial charge in [-0.15, -0.1) is 0 Å². The fourth-order valence-corrected chi connectivity index (χ4v) is 0.371. The predicted molar refractivity (Wildman–Crippen MR) is 23.6 cm³/mol. The summed E-state index contributed by atoms with van der Waals surface area (Å²) >= 11 is 0. The topological polar surface area (TPSA) is 0 Å². The van der Waals surface area contributed by atoms with Crippen LogP contribution in [0, 0.1) is 0 Å². The van der Waals surface area contributed by atoms with Gasteiger partial charge in [0.25, 0.3) is 0 Å². The van der Waals surface area contributed by atoms with Gasteiger partial charge in [-0.1, -0.05) is 0 Å². The van der Waals surface area contributed by atoms with Crippen molar-refractivity contribution in [1.29, 1.82) is 0 Å². The van der Waals surface area contributed by atoms with Crippen molar-refractivity contribution >= 4 is 7.85 Å². The van der Waals surface area contributed by atoms with Crippen LogP contribution in [0.15, 0.2) is 0 Å². The average Bonchev–Trinajstić information content (AvgIpc) is 1.73. The van der Waals surface area contributed by atoms with E-state index in [1.807, 2.05) is 0 Å². The molecule has 0 aliphatic heterocycles. The van der Waals surface area contributed by atoms with Crippen molar-refractivity contribution in [2.24, 2.45) is 0 Å². The fraction of sp³-hybridized carbons (Fsp3) is 1.00. The number of hydrogen-bond donors (Lipinski definition) is 0. The molecule has 0 saturated heterocycles. The summed E-state index contributed by atoms with van der Waals surface area (Å²) in [6.07, 6.45) is 0.549. The normalized spacial score (nSPS) is 55.3. The van der Waals surface area contributed by atoms with Gasteiger partial charge in [0, 0.05) is 0 Å². The molecule has 2 atom stereocenters. The SMILES string of the molecule is [B]C1CC1(C)F. The molecule has 0 bridgehead atoms. The highest BCUT2D eigenvalue weighted by Crippen LogP contribution is 2.49. The standard InChI is InChI=1S/C4H6BF/c1-4(6)2-3(4)5/h3H,2H2,1H3. The molecule has 0 N–H and O–H groups in total. The van der Waals surface area contributed by atoms with Crippen LogP contribution in [0.5, 0.6) is 0 Å². The zero-order chi connectivity index (χ0) is 4.78.